The van der Waals surface area contributed by atoms with E-state index in [1.807, 2.05) is 0 Å². The van der Waals surface area contributed by atoms with E-state index >= 15 is 0 Å². The van der Waals surface area contributed by atoms with E-state index in [1.54, 1.807) is 19.4 Å². The highest BCUT2D eigenvalue weighted by Gasteiger charge is 2.07. The Hall–Kier alpha value is -1.62. The van der Waals surface area contributed by atoms with E-state index in [-0.39, 0.29) is 5.91 Å². The summed E-state index contributed by atoms with van der Waals surface area (Å²) in [4.78, 5) is 15.3. The van der Waals surface area contributed by atoms with Crippen molar-refractivity contribution in [3.8, 4) is 0 Å². The molecule has 76 valence electrons. The Bertz CT molecular complexity index is 315. The third-order valence-corrected chi connectivity index (χ3v) is 1.69. The van der Waals surface area contributed by atoms with Crippen molar-refractivity contribution in [2.75, 3.05) is 26.0 Å². The average Bonchev–Trinajstić information content (AvgIpc) is 2.18. The summed E-state index contributed by atoms with van der Waals surface area (Å²) in [7, 11) is 1.57. The zero-order valence-electron chi connectivity index (χ0n) is 7.99. The number of aromatic nitrogens is 1. The molecule has 0 spiro atoms. The number of ether oxygens (including phenoxy) is 1. The zero-order valence-corrected chi connectivity index (χ0v) is 7.99. The lowest BCUT2D eigenvalue weighted by atomic mass is 10.2. The van der Waals surface area contributed by atoms with Crippen molar-refractivity contribution in [2.24, 2.45) is 0 Å². The van der Waals surface area contributed by atoms with Gasteiger partial charge in [0.25, 0.3) is 5.91 Å². The molecular weight excluding hydrogens is 182 g/mol. The van der Waals surface area contributed by atoms with E-state index in [2.05, 4.69) is 10.3 Å². The van der Waals surface area contributed by atoms with E-state index in [4.69, 9.17) is 10.5 Å². The smallest absolute Gasteiger partial charge is 0.255 e. The number of hydrogen-bond acceptors (Lipinski definition) is 4. The Balaban J connectivity index is 2.56. The molecule has 14 heavy (non-hydrogen) atoms. The number of anilines is 1. The molecule has 5 nitrogen and oxygen atoms in total. The highest BCUT2D eigenvalue weighted by molar-refractivity contribution is 5.98. The lowest BCUT2D eigenvalue weighted by molar-refractivity contribution is 0.0937. The summed E-state index contributed by atoms with van der Waals surface area (Å²) in [6, 6.07) is 1.59. The molecule has 5 heteroatoms. The van der Waals surface area contributed by atoms with Gasteiger partial charge in [0.2, 0.25) is 0 Å². The van der Waals surface area contributed by atoms with Crippen molar-refractivity contribution in [1.29, 1.82) is 0 Å². The van der Waals surface area contributed by atoms with Crippen LogP contribution in [-0.4, -0.2) is 31.2 Å². The maximum absolute atomic E-state index is 11.5. The molecule has 1 aromatic heterocycles. The Morgan fingerprint density at radius 2 is 2.50 bits per heavy atom. The van der Waals surface area contributed by atoms with Crippen LogP contribution in [0.2, 0.25) is 0 Å². The minimum atomic E-state index is -0.229. The molecule has 0 fully saturated rings. The Kier molecular flexibility index (Phi) is 3.87. The molecule has 1 rings (SSSR count). The fourth-order valence-electron chi connectivity index (χ4n) is 0.957. The molecule has 0 saturated carbocycles. The van der Waals surface area contributed by atoms with Crippen molar-refractivity contribution in [3.05, 3.63) is 24.0 Å². The molecule has 0 bridgehead atoms. The number of hydrogen-bond donors (Lipinski definition) is 2. The van der Waals surface area contributed by atoms with Gasteiger partial charge in [-0.2, -0.15) is 0 Å². The Morgan fingerprint density at radius 3 is 3.14 bits per heavy atom. The molecule has 0 unspecified atom stereocenters. The summed E-state index contributed by atoms with van der Waals surface area (Å²) in [6.45, 7) is 0.940. The second-order valence-corrected chi connectivity index (χ2v) is 2.71. The van der Waals surface area contributed by atoms with Crippen molar-refractivity contribution in [2.45, 2.75) is 0 Å². The van der Waals surface area contributed by atoms with Gasteiger partial charge in [-0.1, -0.05) is 0 Å². The zero-order chi connectivity index (χ0) is 10.4. The number of carbonyl (C=O) groups is 1. The minimum Gasteiger partial charge on any atom is -0.398 e. The number of rotatable bonds is 4. The largest absolute Gasteiger partial charge is 0.398 e. The molecule has 0 atom stereocenters. The lowest BCUT2D eigenvalue weighted by Crippen LogP contribution is -2.27. The first kappa shape index (κ1) is 10.5. The van der Waals surface area contributed by atoms with Crippen LogP contribution in [0.15, 0.2) is 18.5 Å². The Labute approximate surface area is 82.3 Å². The molecule has 1 heterocycles. The first-order chi connectivity index (χ1) is 6.75. The second kappa shape index (κ2) is 5.18. The van der Waals surface area contributed by atoms with E-state index in [9.17, 15) is 4.79 Å². The number of nitrogens with zero attached hydrogens (tertiary/aromatic N) is 1. The van der Waals surface area contributed by atoms with Crippen LogP contribution in [0.3, 0.4) is 0 Å². The highest BCUT2D eigenvalue weighted by atomic mass is 16.5. The molecule has 0 aliphatic rings. The molecule has 3 N–H and O–H groups in total. The standard InChI is InChI=1S/C9H13N3O2/c1-14-5-4-12-9(13)7-6-11-3-2-8(7)10/h2-3,6H,4-5H2,1H3,(H2,10,11)(H,12,13). The monoisotopic (exact) mass is 195 g/mol. The van der Waals surface area contributed by atoms with E-state index in [0.717, 1.165) is 0 Å². The molecule has 0 aliphatic carbocycles. The van der Waals surface area contributed by atoms with Gasteiger partial charge in [0, 0.05) is 31.7 Å². The third-order valence-electron chi connectivity index (χ3n) is 1.69. The van der Waals surface area contributed by atoms with Gasteiger partial charge in [-0.3, -0.25) is 9.78 Å². The average molecular weight is 195 g/mol. The van der Waals surface area contributed by atoms with Gasteiger partial charge in [0.05, 0.1) is 12.2 Å². The van der Waals surface area contributed by atoms with Gasteiger partial charge < -0.3 is 15.8 Å². The summed E-state index contributed by atoms with van der Waals surface area (Å²) >= 11 is 0. The number of carbonyl (C=O) groups excluding carboxylic acids is 1. The van der Waals surface area contributed by atoms with Crippen LogP contribution in [0.25, 0.3) is 0 Å². The highest BCUT2D eigenvalue weighted by Crippen LogP contribution is 2.07. The molecular formula is C9H13N3O2. The van der Waals surface area contributed by atoms with Crippen molar-refractivity contribution < 1.29 is 9.53 Å². The molecule has 0 aromatic carbocycles. The van der Waals surface area contributed by atoms with Crippen LogP contribution < -0.4 is 11.1 Å². The minimum absolute atomic E-state index is 0.229. The van der Waals surface area contributed by atoms with E-state index in [1.165, 1.54) is 6.20 Å². The fourth-order valence-corrected chi connectivity index (χ4v) is 0.957. The fraction of sp³-hybridized carbons (Fsp3) is 0.333. The van der Waals surface area contributed by atoms with Gasteiger partial charge in [-0.25, -0.2) is 0 Å². The molecule has 0 radical (unpaired) electrons. The molecule has 0 aliphatic heterocycles. The first-order valence-electron chi connectivity index (χ1n) is 4.22. The van der Waals surface area contributed by atoms with Gasteiger partial charge >= 0.3 is 0 Å². The molecule has 0 saturated heterocycles. The molecule has 1 aromatic rings. The number of methoxy groups -OCH3 is 1. The van der Waals surface area contributed by atoms with Crippen LogP contribution >= 0.6 is 0 Å². The number of nitrogens with one attached hydrogen (secondary N) is 1. The number of pyridine rings is 1. The van der Waals surface area contributed by atoms with E-state index < -0.39 is 0 Å². The van der Waals surface area contributed by atoms with Crippen molar-refractivity contribution in [1.82, 2.24) is 10.3 Å². The van der Waals surface area contributed by atoms with Crippen LogP contribution in [0.1, 0.15) is 10.4 Å². The van der Waals surface area contributed by atoms with Crippen LogP contribution in [0.4, 0.5) is 5.69 Å². The number of nitrogen functional groups attached to an aromatic ring is 1. The SMILES string of the molecule is COCCNC(=O)c1cnccc1N. The topological polar surface area (TPSA) is 77.2 Å². The van der Waals surface area contributed by atoms with Crippen molar-refractivity contribution >= 4 is 11.6 Å². The van der Waals surface area contributed by atoms with Gasteiger partial charge in [0.1, 0.15) is 0 Å². The van der Waals surface area contributed by atoms with E-state index in [0.29, 0.717) is 24.4 Å². The quantitative estimate of drug-likeness (QED) is 0.665. The molecule has 1 amide bonds. The normalized spacial score (nSPS) is 9.79. The van der Waals surface area contributed by atoms with Gasteiger partial charge in [-0.15, -0.1) is 0 Å². The maximum atomic E-state index is 11.5. The van der Waals surface area contributed by atoms with Crippen LogP contribution in [-0.2, 0) is 4.74 Å². The predicted octanol–water partition coefficient (Wildman–Crippen LogP) is 0.0400. The summed E-state index contributed by atoms with van der Waals surface area (Å²) in [5.74, 6) is -0.229. The summed E-state index contributed by atoms with van der Waals surface area (Å²) < 4.78 is 4.80. The second-order valence-electron chi connectivity index (χ2n) is 2.71. The first-order valence-corrected chi connectivity index (χ1v) is 4.22. The van der Waals surface area contributed by atoms with Gasteiger partial charge in [0.15, 0.2) is 0 Å². The van der Waals surface area contributed by atoms with Crippen molar-refractivity contribution in [3.63, 3.8) is 0 Å². The number of nitrogens with two attached hydrogens (primary N) is 1. The lowest BCUT2D eigenvalue weighted by Gasteiger charge is -2.05. The van der Waals surface area contributed by atoms with Crippen LogP contribution in [0, 0.1) is 0 Å². The number of amides is 1. The van der Waals surface area contributed by atoms with Gasteiger partial charge in [-0.05, 0) is 6.07 Å². The maximum Gasteiger partial charge on any atom is 0.255 e. The third kappa shape index (κ3) is 2.70. The Morgan fingerprint density at radius 1 is 1.71 bits per heavy atom. The summed E-state index contributed by atoms with van der Waals surface area (Å²) in [5.41, 5.74) is 6.41. The predicted molar refractivity (Wildman–Crippen MR) is 52.9 cm³/mol. The summed E-state index contributed by atoms with van der Waals surface area (Å²) in [6.07, 6.45) is 2.98. The summed E-state index contributed by atoms with van der Waals surface area (Å²) in [5, 5.41) is 2.66. The van der Waals surface area contributed by atoms with Crippen LogP contribution in [0.5, 0.6) is 0 Å².